The van der Waals surface area contributed by atoms with Crippen molar-refractivity contribution in [1.82, 2.24) is 0 Å². The highest BCUT2D eigenvalue weighted by Gasteiger charge is 2.30. The SMILES string of the molecule is CCCCCCCCCCCCCCCCC(=O)OC[C@H](COP(=O)(O)OC[C@@H](O)COP(=O)(O)OC[C@@H](COC(=O)CCCCCCCCCCC)OC(=O)CCCCCCCCCCC)OC(=O)CCCCCCCCCCCCCCCC. The Labute approximate surface area is 524 Å². The maximum Gasteiger partial charge on any atom is 0.472 e. The Morgan fingerprint density at radius 3 is 0.686 bits per heavy atom. The fraction of sp³-hybridized carbons (Fsp3) is 0.940. The van der Waals surface area contributed by atoms with Gasteiger partial charge in [-0.2, -0.15) is 0 Å². The molecule has 19 heteroatoms. The lowest BCUT2D eigenvalue weighted by Gasteiger charge is -2.21. The second-order valence-corrected chi connectivity index (χ2v) is 27.1. The number of unbranched alkanes of at least 4 members (excludes halogenated alkanes) is 42. The molecule has 0 saturated heterocycles. The Balaban J connectivity index is 5.21. The van der Waals surface area contributed by atoms with Crippen LogP contribution in [0.2, 0.25) is 0 Å². The summed E-state index contributed by atoms with van der Waals surface area (Å²) in [6, 6.07) is 0. The van der Waals surface area contributed by atoms with Gasteiger partial charge in [0.25, 0.3) is 0 Å². The topological polar surface area (TPSA) is 237 Å². The molecule has 0 bridgehead atoms. The maximum absolute atomic E-state index is 13.0. The third-order valence-corrected chi connectivity index (χ3v) is 17.5. The Kier molecular flexibility index (Phi) is 60.5. The minimum atomic E-state index is -4.95. The molecule has 0 aromatic carbocycles. The van der Waals surface area contributed by atoms with Crippen molar-refractivity contribution in [2.45, 2.75) is 367 Å². The van der Waals surface area contributed by atoms with E-state index in [0.717, 1.165) is 89.9 Å². The van der Waals surface area contributed by atoms with Gasteiger partial charge < -0.3 is 33.8 Å². The summed E-state index contributed by atoms with van der Waals surface area (Å²) in [5.41, 5.74) is 0. The summed E-state index contributed by atoms with van der Waals surface area (Å²) in [6.07, 6.45) is 48.5. The summed E-state index contributed by atoms with van der Waals surface area (Å²) in [4.78, 5) is 72.3. The van der Waals surface area contributed by atoms with Gasteiger partial charge in [-0.3, -0.25) is 37.3 Å². The minimum Gasteiger partial charge on any atom is -0.462 e. The predicted octanol–water partition coefficient (Wildman–Crippen LogP) is 19.1. The number of hydrogen-bond donors (Lipinski definition) is 3. The number of aliphatic hydroxyl groups excluding tert-OH is 1. The lowest BCUT2D eigenvalue weighted by Crippen LogP contribution is -2.30. The first-order chi connectivity index (χ1) is 41.7. The molecular formula is C67H130O17P2. The average Bonchev–Trinajstić information content (AvgIpc) is 3.60. The average molecular weight is 1270 g/mol. The van der Waals surface area contributed by atoms with Gasteiger partial charge in [-0.15, -0.1) is 0 Å². The van der Waals surface area contributed by atoms with E-state index in [4.69, 9.17) is 37.0 Å². The molecular weight excluding hydrogens is 1140 g/mol. The van der Waals surface area contributed by atoms with Crippen molar-refractivity contribution < 1.29 is 80.2 Å². The van der Waals surface area contributed by atoms with Crippen LogP contribution in [0.15, 0.2) is 0 Å². The molecule has 0 fully saturated rings. The number of aliphatic hydroxyl groups is 1. The summed E-state index contributed by atoms with van der Waals surface area (Å²) in [6.45, 7) is 4.90. The first-order valence-corrected chi connectivity index (χ1v) is 38.3. The van der Waals surface area contributed by atoms with Gasteiger partial charge in [0.05, 0.1) is 26.4 Å². The molecule has 17 nitrogen and oxygen atoms in total. The van der Waals surface area contributed by atoms with Gasteiger partial charge in [-0.05, 0) is 25.7 Å². The summed E-state index contributed by atoms with van der Waals surface area (Å²) in [7, 11) is -9.89. The van der Waals surface area contributed by atoms with Gasteiger partial charge in [0.15, 0.2) is 12.2 Å². The van der Waals surface area contributed by atoms with Crippen LogP contribution in [0.3, 0.4) is 0 Å². The molecule has 510 valence electrons. The van der Waals surface area contributed by atoms with Crippen LogP contribution in [0.1, 0.15) is 349 Å². The third-order valence-electron chi connectivity index (χ3n) is 15.6. The van der Waals surface area contributed by atoms with Gasteiger partial charge in [0, 0.05) is 25.7 Å². The number of carbonyl (C=O) groups excluding carboxylic acids is 4. The van der Waals surface area contributed by atoms with E-state index in [-0.39, 0.29) is 25.7 Å². The number of phosphoric ester groups is 2. The van der Waals surface area contributed by atoms with Gasteiger partial charge in [-0.1, -0.05) is 297 Å². The Bertz CT molecular complexity index is 1650. The van der Waals surface area contributed by atoms with Crippen LogP contribution in [0.5, 0.6) is 0 Å². The van der Waals surface area contributed by atoms with Gasteiger partial charge in [0.1, 0.15) is 19.3 Å². The number of carbonyl (C=O) groups is 4. The minimum absolute atomic E-state index is 0.106. The van der Waals surface area contributed by atoms with Crippen LogP contribution in [0, 0.1) is 0 Å². The van der Waals surface area contributed by atoms with Crippen LogP contribution < -0.4 is 0 Å². The van der Waals surface area contributed by atoms with Gasteiger partial charge in [0.2, 0.25) is 0 Å². The first kappa shape index (κ1) is 84.1. The number of esters is 4. The normalized spacial score (nSPS) is 14.1. The summed E-state index contributed by atoms with van der Waals surface area (Å²) < 4.78 is 68.1. The zero-order valence-electron chi connectivity index (χ0n) is 55.3. The molecule has 2 unspecified atom stereocenters. The molecule has 0 spiro atoms. The van der Waals surface area contributed by atoms with Crippen molar-refractivity contribution in [2.24, 2.45) is 0 Å². The number of phosphoric acid groups is 2. The standard InChI is InChI=1S/C67H130O17P2/c1-5-9-13-17-21-25-27-29-31-33-37-40-44-48-52-65(70)78-58-63(84-67(72)54-50-46-42-38-34-32-30-28-26-22-18-14-10-6-2)60-82-86(75,76)80-56-61(68)55-79-85(73,74)81-59-62(83-66(71)53-49-45-41-36-24-20-16-12-8-4)57-77-64(69)51-47-43-39-35-23-19-15-11-7-3/h61-63,68H,5-60H2,1-4H3,(H,73,74)(H,75,76)/t61-,62+,63+/m0/s1. The highest BCUT2D eigenvalue weighted by atomic mass is 31.2. The molecule has 0 radical (unpaired) electrons. The third kappa shape index (κ3) is 60.9. The highest BCUT2D eigenvalue weighted by molar-refractivity contribution is 7.47. The van der Waals surface area contributed by atoms with E-state index in [2.05, 4.69) is 27.7 Å². The summed E-state index contributed by atoms with van der Waals surface area (Å²) in [5, 5.41) is 10.6. The molecule has 0 aliphatic rings. The first-order valence-electron chi connectivity index (χ1n) is 35.3. The maximum atomic E-state index is 13.0. The summed E-state index contributed by atoms with van der Waals surface area (Å²) in [5.74, 6) is -2.13. The van der Waals surface area contributed by atoms with E-state index in [1.807, 2.05) is 0 Å². The number of rotatable bonds is 68. The van der Waals surface area contributed by atoms with Crippen molar-refractivity contribution in [3.8, 4) is 0 Å². The molecule has 0 aromatic heterocycles. The van der Waals surface area contributed by atoms with Crippen LogP contribution in [-0.4, -0.2) is 96.7 Å². The fourth-order valence-electron chi connectivity index (χ4n) is 10.2. The largest absolute Gasteiger partial charge is 0.472 e. The van der Waals surface area contributed by atoms with E-state index in [9.17, 15) is 43.2 Å². The molecule has 0 aliphatic carbocycles. The predicted molar refractivity (Wildman–Crippen MR) is 345 cm³/mol. The zero-order chi connectivity index (χ0) is 63.3. The van der Waals surface area contributed by atoms with Gasteiger partial charge >= 0.3 is 39.5 Å². The lowest BCUT2D eigenvalue weighted by atomic mass is 10.0. The van der Waals surface area contributed by atoms with Crippen molar-refractivity contribution in [3.05, 3.63) is 0 Å². The Morgan fingerprint density at radius 1 is 0.279 bits per heavy atom. The second kappa shape index (κ2) is 61.9. The number of ether oxygens (including phenoxy) is 4. The van der Waals surface area contributed by atoms with E-state index in [1.165, 1.54) is 180 Å². The molecule has 0 saturated carbocycles. The molecule has 0 heterocycles. The molecule has 0 rings (SSSR count). The monoisotopic (exact) mass is 1270 g/mol. The molecule has 3 N–H and O–H groups in total. The van der Waals surface area contributed by atoms with Crippen molar-refractivity contribution in [1.29, 1.82) is 0 Å². The van der Waals surface area contributed by atoms with Gasteiger partial charge in [-0.25, -0.2) is 9.13 Å². The smallest absolute Gasteiger partial charge is 0.462 e. The van der Waals surface area contributed by atoms with Crippen molar-refractivity contribution in [3.63, 3.8) is 0 Å². The van der Waals surface area contributed by atoms with Crippen LogP contribution in [0.25, 0.3) is 0 Å². The zero-order valence-corrected chi connectivity index (χ0v) is 57.1. The molecule has 86 heavy (non-hydrogen) atoms. The molecule has 0 aromatic rings. The van der Waals surface area contributed by atoms with Crippen LogP contribution in [-0.2, 0) is 65.4 Å². The van der Waals surface area contributed by atoms with E-state index in [1.54, 1.807) is 0 Å². The summed E-state index contributed by atoms with van der Waals surface area (Å²) >= 11 is 0. The Hall–Kier alpha value is -1.94. The highest BCUT2D eigenvalue weighted by Crippen LogP contribution is 2.45. The molecule has 5 atom stereocenters. The molecule has 0 aliphatic heterocycles. The Morgan fingerprint density at radius 2 is 0.465 bits per heavy atom. The lowest BCUT2D eigenvalue weighted by molar-refractivity contribution is -0.161. The molecule has 0 amide bonds. The fourth-order valence-corrected chi connectivity index (χ4v) is 11.7. The quantitative estimate of drug-likeness (QED) is 0.0222. The van der Waals surface area contributed by atoms with E-state index < -0.39 is 97.5 Å². The van der Waals surface area contributed by atoms with Crippen molar-refractivity contribution >= 4 is 39.5 Å². The van der Waals surface area contributed by atoms with E-state index in [0.29, 0.717) is 25.7 Å². The van der Waals surface area contributed by atoms with E-state index >= 15 is 0 Å². The van der Waals surface area contributed by atoms with Crippen LogP contribution in [0.4, 0.5) is 0 Å². The van der Waals surface area contributed by atoms with Crippen LogP contribution >= 0.6 is 15.6 Å². The number of hydrogen-bond acceptors (Lipinski definition) is 15. The second-order valence-electron chi connectivity index (χ2n) is 24.2. The van der Waals surface area contributed by atoms with Crippen molar-refractivity contribution in [2.75, 3.05) is 39.6 Å².